The summed E-state index contributed by atoms with van der Waals surface area (Å²) in [5.74, 6) is 1.32. The number of carbonyl (C=O) groups is 1. The van der Waals surface area contributed by atoms with Gasteiger partial charge in [-0.05, 0) is 36.4 Å². The third kappa shape index (κ3) is 5.64. The summed E-state index contributed by atoms with van der Waals surface area (Å²) in [6.07, 6.45) is 2.07. The van der Waals surface area contributed by atoms with Crippen molar-refractivity contribution in [3.8, 4) is 11.4 Å². The molecule has 0 aliphatic rings. The van der Waals surface area contributed by atoms with Crippen molar-refractivity contribution in [1.82, 2.24) is 19.7 Å². The molecule has 0 spiro atoms. The zero-order chi connectivity index (χ0) is 22.3. The van der Waals surface area contributed by atoms with Crippen LogP contribution in [-0.2, 0) is 23.5 Å². The molecule has 0 aliphatic carbocycles. The number of hydrogen-bond donors (Lipinski definition) is 1. The lowest BCUT2D eigenvalue weighted by molar-refractivity contribution is -0.115. The molecule has 1 amide bonds. The second kappa shape index (κ2) is 10.6. The molecule has 0 unspecified atom stereocenters. The van der Waals surface area contributed by atoms with Crippen LogP contribution in [0.1, 0.15) is 10.7 Å². The van der Waals surface area contributed by atoms with Gasteiger partial charge in [0.2, 0.25) is 5.91 Å². The first-order chi connectivity index (χ1) is 15.6. The van der Waals surface area contributed by atoms with E-state index in [0.29, 0.717) is 17.3 Å². The van der Waals surface area contributed by atoms with Gasteiger partial charge in [-0.25, -0.2) is 4.98 Å². The van der Waals surface area contributed by atoms with Crippen molar-refractivity contribution in [3.05, 3.63) is 88.4 Å². The molecule has 9 heteroatoms. The molecule has 0 aliphatic heterocycles. The Morgan fingerprint density at radius 1 is 1.16 bits per heavy atom. The molecular weight excluding hydrogens is 462 g/mol. The van der Waals surface area contributed by atoms with Gasteiger partial charge in [0.05, 0.1) is 12.1 Å². The van der Waals surface area contributed by atoms with Gasteiger partial charge in [0.15, 0.2) is 11.0 Å². The van der Waals surface area contributed by atoms with Crippen LogP contribution in [0.2, 0.25) is 5.02 Å². The van der Waals surface area contributed by atoms with E-state index in [0.717, 1.165) is 32.9 Å². The van der Waals surface area contributed by atoms with Gasteiger partial charge in [0.25, 0.3) is 0 Å². The van der Waals surface area contributed by atoms with Crippen molar-refractivity contribution < 1.29 is 4.79 Å². The monoisotopic (exact) mass is 481 g/mol. The number of thioether (sulfide) groups is 1. The second-order valence-corrected chi connectivity index (χ2v) is 9.15. The van der Waals surface area contributed by atoms with Crippen LogP contribution in [0.25, 0.3) is 11.4 Å². The van der Waals surface area contributed by atoms with Crippen LogP contribution in [0.15, 0.2) is 77.8 Å². The average Bonchev–Trinajstić information content (AvgIpc) is 3.40. The molecule has 0 radical (unpaired) electrons. The molecule has 2 aromatic heterocycles. The number of halogens is 1. The minimum atomic E-state index is -0.0805. The summed E-state index contributed by atoms with van der Waals surface area (Å²) in [5, 5.41) is 15.8. The average molecular weight is 482 g/mol. The Kier molecular flexibility index (Phi) is 7.36. The molecule has 32 heavy (non-hydrogen) atoms. The molecule has 2 aromatic carbocycles. The number of benzene rings is 2. The van der Waals surface area contributed by atoms with Gasteiger partial charge >= 0.3 is 0 Å². The van der Waals surface area contributed by atoms with Gasteiger partial charge in [-0.3, -0.25) is 9.36 Å². The SMILES string of the molecule is C=CCn1c(SCc2csc(CC(=O)Nc3ccccc3)n2)nnc1-c1ccc(Cl)cc1. The molecule has 0 bridgehead atoms. The van der Waals surface area contributed by atoms with Gasteiger partial charge < -0.3 is 5.32 Å². The number of anilines is 1. The Hall–Kier alpha value is -2.94. The molecule has 4 aromatic rings. The summed E-state index contributed by atoms with van der Waals surface area (Å²) in [5.41, 5.74) is 2.63. The van der Waals surface area contributed by atoms with Crippen molar-refractivity contribution in [2.24, 2.45) is 0 Å². The fourth-order valence-electron chi connectivity index (χ4n) is 3.00. The Balaban J connectivity index is 1.40. The number of aromatic nitrogens is 4. The van der Waals surface area contributed by atoms with Crippen LogP contribution in [0, 0.1) is 0 Å². The van der Waals surface area contributed by atoms with Crippen molar-refractivity contribution in [1.29, 1.82) is 0 Å². The molecule has 162 valence electrons. The lowest BCUT2D eigenvalue weighted by Gasteiger charge is -2.07. The lowest BCUT2D eigenvalue weighted by Crippen LogP contribution is -2.14. The number of para-hydroxylation sites is 1. The Morgan fingerprint density at radius 3 is 2.69 bits per heavy atom. The third-order valence-electron chi connectivity index (χ3n) is 4.45. The fourth-order valence-corrected chi connectivity index (χ4v) is 4.86. The predicted octanol–water partition coefficient (Wildman–Crippen LogP) is 5.71. The molecular formula is C23H20ClN5OS2. The number of allylic oxidation sites excluding steroid dienone is 1. The van der Waals surface area contributed by atoms with E-state index < -0.39 is 0 Å². The van der Waals surface area contributed by atoms with E-state index in [1.54, 1.807) is 11.8 Å². The van der Waals surface area contributed by atoms with Gasteiger partial charge in [-0.1, -0.05) is 47.6 Å². The van der Waals surface area contributed by atoms with Crippen LogP contribution in [0.4, 0.5) is 5.69 Å². The Morgan fingerprint density at radius 2 is 1.94 bits per heavy atom. The minimum Gasteiger partial charge on any atom is -0.326 e. The Labute approximate surface area is 199 Å². The number of carbonyl (C=O) groups excluding carboxylic acids is 1. The summed E-state index contributed by atoms with van der Waals surface area (Å²) in [6.45, 7) is 4.44. The first-order valence-electron chi connectivity index (χ1n) is 9.83. The van der Waals surface area contributed by atoms with Crippen molar-refractivity contribution in [2.45, 2.75) is 23.9 Å². The van der Waals surface area contributed by atoms with Crippen LogP contribution in [0.3, 0.4) is 0 Å². The standard InChI is InChI=1S/C23H20ClN5OS2/c1-2-12-29-22(16-8-10-17(24)11-9-16)27-28-23(29)32-15-19-14-31-21(26-19)13-20(30)25-18-6-4-3-5-7-18/h2-11,14H,1,12-13,15H2,(H,25,30). The smallest absolute Gasteiger partial charge is 0.231 e. The maximum Gasteiger partial charge on any atom is 0.231 e. The number of nitrogens with zero attached hydrogens (tertiary/aromatic N) is 4. The lowest BCUT2D eigenvalue weighted by atomic mass is 10.2. The van der Waals surface area contributed by atoms with Crippen LogP contribution >= 0.6 is 34.7 Å². The summed E-state index contributed by atoms with van der Waals surface area (Å²) < 4.78 is 2.02. The highest BCUT2D eigenvalue weighted by Gasteiger charge is 2.15. The summed E-state index contributed by atoms with van der Waals surface area (Å²) >= 11 is 9.04. The van der Waals surface area contributed by atoms with Gasteiger partial charge in [0, 0.05) is 34.0 Å². The highest BCUT2D eigenvalue weighted by atomic mass is 35.5. The fraction of sp³-hybridized carbons (Fsp3) is 0.130. The molecule has 0 saturated heterocycles. The zero-order valence-corrected chi connectivity index (χ0v) is 19.5. The molecule has 1 N–H and O–H groups in total. The molecule has 0 atom stereocenters. The van der Waals surface area contributed by atoms with Gasteiger partial charge in [0.1, 0.15) is 5.01 Å². The second-order valence-electron chi connectivity index (χ2n) is 6.82. The molecule has 4 rings (SSSR count). The quantitative estimate of drug-likeness (QED) is 0.244. The third-order valence-corrected chi connectivity index (χ3v) is 6.60. The van der Waals surface area contributed by atoms with E-state index in [1.807, 2.05) is 70.6 Å². The highest BCUT2D eigenvalue weighted by Crippen LogP contribution is 2.27. The highest BCUT2D eigenvalue weighted by molar-refractivity contribution is 7.98. The van der Waals surface area contributed by atoms with E-state index in [4.69, 9.17) is 11.6 Å². The van der Waals surface area contributed by atoms with E-state index in [-0.39, 0.29) is 12.3 Å². The van der Waals surface area contributed by atoms with Crippen molar-refractivity contribution >= 4 is 46.3 Å². The predicted molar refractivity (Wildman–Crippen MR) is 131 cm³/mol. The maximum absolute atomic E-state index is 12.3. The molecule has 0 fully saturated rings. The van der Waals surface area contributed by atoms with E-state index >= 15 is 0 Å². The number of nitrogens with one attached hydrogen (secondary N) is 1. The van der Waals surface area contributed by atoms with Crippen molar-refractivity contribution in [3.63, 3.8) is 0 Å². The Bertz CT molecular complexity index is 1200. The van der Waals surface area contributed by atoms with Crippen molar-refractivity contribution in [2.75, 3.05) is 5.32 Å². The molecule has 2 heterocycles. The number of thiazole rings is 1. The normalized spacial score (nSPS) is 10.8. The summed E-state index contributed by atoms with van der Waals surface area (Å²) in [6, 6.07) is 16.9. The molecule has 0 saturated carbocycles. The van der Waals surface area contributed by atoms with Crippen LogP contribution in [-0.4, -0.2) is 25.7 Å². The van der Waals surface area contributed by atoms with Gasteiger partial charge in [-0.15, -0.1) is 28.1 Å². The van der Waals surface area contributed by atoms with Crippen LogP contribution < -0.4 is 5.32 Å². The van der Waals surface area contributed by atoms with E-state index in [1.165, 1.54) is 11.3 Å². The van der Waals surface area contributed by atoms with E-state index in [9.17, 15) is 4.79 Å². The topological polar surface area (TPSA) is 72.7 Å². The summed E-state index contributed by atoms with van der Waals surface area (Å²) in [4.78, 5) is 16.9. The maximum atomic E-state index is 12.3. The zero-order valence-electron chi connectivity index (χ0n) is 17.1. The number of amides is 1. The molecule has 6 nitrogen and oxygen atoms in total. The number of hydrogen-bond acceptors (Lipinski definition) is 6. The van der Waals surface area contributed by atoms with Crippen LogP contribution in [0.5, 0.6) is 0 Å². The first kappa shape index (κ1) is 22.3. The van der Waals surface area contributed by atoms with E-state index in [2.05, 4.69) is 27.1 Å². The minimum absolute atomic E-state index is 0.0805. The first-order valence-corrected chi connectivity index (χ1v) is 12.1. The van der Waals surface area contributed by atoms with Gasteiger partial charge in [-0.2, -0.15) is 0 Å². The largest absolute Gasteiger partial charge is 0.326 e. The number of rotatable bonds is 9. The summed E-state index contributed by atoms with van der Waals surface area (Å²) in [7, 11) is 0.